The molecule has 25 heavy (non-hydrogen) atoms. The molecule has 1 fully saturated rings. The van der Waals surface area contributed by atoms with E-state index in [-0.39, 0.29) is 23.1 Å². The fraction of sp³-hybridized carbons (Fsp3) is 0.529. The fourth-order valence-electron chi connectivity index (χ4n) is 2.67. The van der Waals surface area contributed by atoms with Crippen LogP contribution in [0.15, 0.2) is 29.2 Å². The van der Waals surface area contributed by atoms with Crippen LogP contribution in [-0.4, -0.2) is 44.2 Å². The highest BCUT2D eigenvalue weighted by Gasteiger charge is 2.25. The van der Waals surface area contributed by atoms with Crippen LogP contribution in [-0.2, 0) is 26.2 Å². The first kappa shape index (κ1) is 19.4. The second-order valence-electron chi connectivity index (χ2n) is 6.12. The Morgan fingerprint density at radius 1 is 1.04 bits per heavy atom. The smallest absolute Gasteiger partial charge is 0.243 e. The van der Waals surface area contributed by atoms with Crippen molar-refractivity contribution in [2.75, 3.05) is 19.6 Å². The Bertz CT molecular complexity index is 695. The normalized spacial score (nSPS) is 15.6. The van der Waals surface area contributed by atoms with Gasteiger partial charge in [-0.05, 0) is 30.5 Å². The van der Waals surface area contributed by atoms with Crippen molar-refractivity contribution in [3.05, 3.63) is 29.8 Å². The van der Waals surface area contributed by atoms with Gasteiger partial charge in [0.2, 0.25) is 21.8 Å². The third-order valence-electron chi connectivity index (χ3n) is 4.09. The van der Waals surface area contributed by atoms with E-state index in [1.165, 1.54) is 11.2 Å². The van der Waals surface area contributed by atoms with Gasteiger partial charge in [0.05, 0.1) is 4.90 Å². The van der Waals surface area contributed by atoms with Gasteiger partial charge in [-0.15, -0.1) is 0 Å². The summed E-state index contributed by atoms with van der Waals surface area (Å²) in [6, 6.07) is 6.60. The molecule has 0 aromatic heterocycles. The number of hydrogen-bond donors (Lipinski definition) is 2. The summed E-state index contributed by atoms with van der Waals surface area (Å²) in [5, 5.41) is 5.30. The highest BCUT2D eigenvalue weighted by molar-refractivity contribution is 7.89. The average molecular weight is 367 g/mol. The zero-order valence-electron chi connectivity index (χ0n) is 14.5. The number of piperidine rings is 1. The van der Waals surface area contributed by atoms with E-state index in [1.807, 2.05) is 0 Å². The number of benzene rings is 1. The molecule has 2 amide bonds. The van der Waals surface area contributed by atoms with E-state index in [1.54, 1.807) is 24.3 Å². The summed E-state index contributed by atoms with van der Waals surface area (Å²) in [7, 11) is -3.42. The lowest BCUT2D eigenvalue weighted by Gasteiger charge is -2.25. The summed E-state index contributed by atoms with van der Waals surface area (Å²) in [5.74, 6) is -0.336. The van der Waals surface area contributed by atoms with Crippen LogP contribution in [0.2, 0.25) is 0 Å². The minimum absolute atomic E-state index is 0.168. The fourth-order valence-corrected chi connectivity index (χ4v) is 4.19. The van der Waals surface area contributed by atoms with E-state index in [9.17, 15) is 18.0 Å². The number of nitrogens with one attached hydrogen (secondary N) is 2. The van der Waals surface area contributed by atoms with Gasteiger partial charge in [-0.1, -0.05) is 18.6 Å². The predicted molar refractivity (Wildman–Crippen MR) is 94.2 cm³/mol. The van der Waals surface area contributed by atoms with Gasteiger partial charge < -0.3 is 10.6 Å². The first-order valence-corrected chi connectivity index (χ1v) is 9.94. The van der Waals surface area contributed by atoms with Crippen molar-refractivity contribution in [2.24, 2.45) is 0 Å². The van der Waals surface area contributed by atoms with Gasteiger partial charge in [0, 0.05) is 39.5 Å². The molecule has 0 saturated carbocycles. The molecular formula is C17H25N3O4S. The van der Waals surface area contributed by atoms with Crippen molar-refractivity contribution >= 4 is 21.8 Å². The van der Waals surface area contributed by atoms with E-state index >= 15 is 0 Å². The third-order valence-corrected chi connectivity index (χ3v) is 6.00. The van der Waals surface area contributed by atoms with Crippen LogP contribution in [0.1, 0.15) is 38.2 Å². The molecule has 1 aliphatic rings. The van der Waals surface area contributed by atoms with E-state index in [0.717, 1.165) is 24.8 Å². The number of hydrogen-bond acceptors (Lipinski definition) is 4. The number of nitrogens with zero attached hydrogens (tertiary/aromatic N) is 1. The van der Waals surface area contributed by atoms with Crippen molar-refractivity contribution in [3.63, 3.8) is 0 Å². The quantitative estimate of drug-likeness (QED) is 0.752. The van der Waals surface area contributed by atoms with Crippen molar-refractivity contribution < 1.29 is 18.0 Å². The van der Waals surface area contributed by atoms with Gasteiger partial charge in [0.15, 0.2) is 0 Å². The van der Waals surface area contributed by atoms with Crippen LogP contribution in [0.4, 0.5) is 0 Å². The van der Waals surface area contributed by atoms with Crippen molar-refractivity contribution in [1.29, 1.82) is 0 Å². The van der Waals surface area contributed by atoms with Crippen LogP contribution in [0.5, 0.6) is 0 Å². The maximum atomic E-state index is 12.6. The molecule has 2 rings (SSSR count). The number of carbonyl (C=O) groups excluding carboxylic acids is 2. The van der Waals surface area contributed by atoms with Gasteiger partial charge in [0.25, 0.3) is 0 Å². The largest absolute Gasteiger partial charge is 0.356 e. The summed E-state index contributed by atoms with van der Waals surface area (Å²) in [6.45, 7) is 3.18. The van der Waals surface area contributed by atoms with Crippen molar-refractivity contribution in [2.45, 2.75) is 44.0 Å². The Hall–Kier alpha value is -1.93. The lowest BCUT2D eigenvalue weighted by Crippen LogP contribution is -2.35. The molecule has 7 nitrogen and oxygen atoms in total. The lowest BCUT2D eigenvalue weighted by molar-refractivity contribution is -0.121. The summed E-state index contributed by atoms with van der Waals surface area (Å²) in [4.78, 5) is 22.7. The molecule has 0 radical (unpaired) electrons. The van der Waals surface area contributed by atoms with E-state index in [0.29, 0.717) is 26.2 Å². The molecular weight excluding hydrogens is 342 g/mol. The van der Waals surface area contributed by atoms with E-state index in [4.69, 9.17) is 0 Å². The van der Waals surface area contributed by atoms with Gasteiger partial charge >= 0.3 is 0 Å². The number of amides is 2. The maximum absolute atomic E-state index is 12.6. The highest BCUT2D eigenvalue weighted by Crippen LogP contribution is 2.20. The van der Waals surface area contributed by atoms with Gasteiger partial charge in [-0.25, -0.2) is 8.42 Å². The first-order chi connectivity index (χ1) is 11.9. The topological polar surface area (TPSA) is 95.6 Å². The maximum Gasteiger partial charge on any atom is 0.243 e. The zero-order valence-corrected chi connectivity index (χ0v) is 15.3. The third kappa shape index (κ3) is 5.82. The highest BCUT2D eigenvalue weighted by atomic mass is 32.2. The second-order valence-corrected chi connectivity index (χ2v) is 8.06. The van der Waals surface area contributed by atoms with E-state index < -0.39 is 10.0 Å². The molecule has 0 bridgehead atoms. The molecule has 0 unspecified atom stereocenters. The Labute approximate surface area is 148 Å². The molecule has 0 atom stereocenters. The number of carbonyl (C=O) groups is 2. The lowest BCUT2D eigenvalue weighted by atomic mass is 10.2. The summed E-state index contributed by atoms with van der Waals surface area (Å²) in [6.07, 6.45) is 3.09. The second kappa shape index (κ2) is 8.96. The van der Waals surface area contributed by atoms with Crippen LogP contribution >= 0.6 is 0 Å². The summed E-state index contributed by atoms with van der Waals surface area (Å²) >= 11 is 0. The molecule has 8 heteroatoms. The minimum Gasteiger partial charge on any atom is -0.356 e. The van der Waals surface area contributed by atoms with Crippen molar-refractivity contribution in [3.8, 4) is 0 Å². The van der Waals surface area contributed by atoms with E-state index in [2.05, 4.69) is 10.6 Å². The minimum atomic E-state index is -3.42. The molecule has 1 heterocycles. The summed E-state index contributed by atoms with van der Waals surface area (Å²) in [5.41, 5.74) is 0.825. The Balaban J connectivity index is 1.87. The molecule has 138 valence electrons. The Kier molecular flexibility index (Phi) is 6.95. The molecule has 2 N–H and O–H groups in total. The van der Waals surface area contributed by atoms with Gasteiger partial charge in [0.1, 0.15) is 0 Å². The number of sulfonamides is 1. The molecule has 0 aliphatic carbocycles. The van der Waals surface area contributed by atoms with Crippen LogP contribution < -0.4 is 10.6 Å². The zero-order chi connectivity index (χ0) is 18.3. The first-order valence-electron chi connectivity index (χ1n) is 8.50. The Morgan fingerprint density at radius 2 is 1.68 bits per heavy atom. The average Bonchev–Trinajstić information content (AvgIpc) is 2.61. The van der Waals surface area contributed by atoms with Crippen LogP contribution in [0.3, 0.4) is 0 Å². The van der Waals surface area contributed by atoms with Crippen molar-refractivity contribution in [1.82, 2.24) is 14.9 Å². The SMILES string of the molecule is CC(=O)NCCC(=O)NCc1ccc(S(=O)(=O)N2CCCCC2)cc1. The monoisotopic (exact) mass is 367 g/mol. The van der Waals surface area contributed by atoms with Gasteiger partial charge in [-0.2, -0.15) is 4.31 Å². The Morgan fingerprint density at radius 3 is 2.28 bits per heavy atom. The van der Waals surface area contributed by atoms with Gasteiger partial charge in [-0.3, -0.25) is 9.59 Å². The molecule has 1 aromatic rings. The summed E-state index contributed by atoms with van der Waals surface area (Å²) < 4.78 is 26.7. The van der Waals surface area contributed by atoms with Crippen LogP contribution in [0.25, 0.3) is 0 Å². The van der Waals surface area contributed by atoms with Crippen LogP contribution in [0, 0.1) is 0 Å². The molecule has 1 aliphatic heterocycles. The standard InChI is InChI=1S/C17H25N3O4S/c1-14(21)18-10-9-17(22)19-13-15-5-7-16(8-6-15)25(23,24)20-11-3-2-4-12-20/h5-8H,2-4,9-13H2,1H3,(H,18,21)(H,19,22). The number of rotatable bonds is 7. The molecule has 0 spiro atoms. The molecule has 1 saturated heterocycles. The molecule has 1 aromatic carbocycles. The predicted octanol–water partition coefficient (Wildman–Crippen LogP) is 1.00.